The molecule has 0 aliphatic heterocycles. The summed E-state index contributed by atoms with van der Waals surface area (Å²) in [4.78, 5) is 49.6. The Labute approximate surface area is 175 Å². The molecule has 0 heterocycles. The number of hydrogen-bond donors (Lipinski definition) is 1. The number of nitrogens with zero attached hydrogens (tertiary/aromatic N) is 1. The second-order valence-electron chi connectivity index (χ2n) is 10.1. The van der Waals surface area contributed by atoms with E-state index < -0.39 is 27.6 Å². The summed E-state index contributed by atoms with van der Waals surface area (Å²) in [5, 5.41) is 21.8. The second kappa shape index (κ2) is 7.45. The minimum absolute atomic E-state index is 0.0922. The number of Topliss-reactive ketones (excluding diaryl/α,β-unsaturated/α-hetero) is 3. The normalized spacial score (nSPS) is 22.9. The summed E-state index contributed by atoms with van der Waals surface area (Å²) < 4.78 is 0. The fraction of sp³-hybridized carbons (Fsp3) is 0.522. The van der Waals surface area contributed by atoms with Crippen LogP contribution in [0.3, 0.4) is 0 Å². The number of allylic oxidation sites excluding steroid dienone is 2. The Bertz CT molecular complexity index is 934. The highest BCUT2D eigenvalue weighted by Gasteiger charge is 2.48. The first kappa shape index (κ1) is 21.9. The van der Waals surface area contributed by atoms with E-state index in [4.69, 9.17) is 0 Å². The lowest BCUT2D eigenvalue weighted by atomic mass is 9.62. The first-order valence-electron chi connectivity index (χ1n) is 10.1. The van der Waals surface area contributed by atoms with Gasteiger partial charge >= 0.3 is 0 Å². The van der Waals surface area contributed by atoms with Crippen molar-refractivity contribution in [1.82, 2.24) is 0 Å². The number of nitro benzene ring substituents is 1. The quantitative estimate of drug-likeness (QED) is 0.443. The van der Waals surface area contributed by atoms with Crippen LogP contribution in [0.2, 0.25) is 0 Å². The molecule has 0 spiro atoms. The minimum atomic E-state index is -1.08. The van der Waals surface area contributed by atoms with Gasteiger partial charge in [-0.05, 0) is 16.4 Å². The zero-order valence-electron chi connectivity index (χ0n) is 17.7. The molecule has 30 heavy (non-hydrogen) atoms. The van der Waals surface area contributed by atoms with Crippen LogP contribution in [0.15, 0.2) is 35.6 Å². The van der Waals surface area contributed by atoms with Gasteiger partial charge in [0.1, 0.15) is 17.3 Å². The Morgan fingerprint density at radius 1 is 0.933 bits per heavy atom. The van der Waals surface area contributed by atoms with Crippen LogP contribution in [0, 0.1) is 26.9 Å². The van der Waals surface area contributed by atoms with E-state index in [0.29, 0.717) is 5.56 Å². The molecule has 1 fully saturated rings. The fourth-order valence-corrected chi connectivity index (χ4v) is 4.76. The van der Waals surface area contributed by atoms with E-state index in [9.17, 15) is 29.6 Å². The fourth-order valence-electron chi connectivity index (χ4n) is 4.76. The number of ketones is 3. The number of aliphatic hydroxyl groups excluding tert-OH is 1. The minimum Gasteiger partial charge on any atom is -0.512 e. The molecule has 1 atom stereocenters. The maximum Gasteiger partial charge on any atom is 0.269 e. The van der Waals surface area contributed by atoms with E-state index >= 15 is 0 Å². The summed E-state index contributed by atoms with van der Waals surface area (Å²) in [6.45, 7) is 7.45. The Kier molecular flexibility index (Phi) is 5.43. The summed E-state index contributed by atoms with van der Waals surface area (Å²) >= 11 is 0. The van der Waals surface area contributed by atoms with Crippen LogP contribution in [0.1, 0.15) is 64.9 Å². The highest BCUT2D eigenvalue weighted by Crippen LogP contribution is 2.47. The van der Waals surface area contributed by atoms with E-state index in [2.05, 4.69) is 0 Å². The predicted octanol–water partition coefficient (Wildman–Crippen LogP) is 4.45. The van der Waals surface area contributed by atoms with Gasteiger partial charge in [-0.15, -0.1) is 0 Å². The molecule has 1 N–H and O–H groups in total. The average molecular weight is 413 g/mol. The topological polar surface area (TPSA) is 115 Å². The Morgan fingerprint density at radius 2 is 1.43 bits per heavy atom. The molecule has 7 heteroatoms. The van der Waals surface area contributed by atoms with Gasteiger partial charge in [-0.2, -0.15) is 0 Å². The largest absolute Gasteiger partial charge is 0.512 e. The Hall–Kier alpha value is -2.83. The summed E-state index contributed by atoms with van der Waals surface area (Å²) in [5.41, 5.74) is -0.474. The Balaban J connectivity index is 2.15. The number of hydrogen-bond acceptors (Lipinski definition) is 6. The molecular weight excluding hydrogens is 386 g/mol. The third-order valence-electron chi connectivity index (χ3n) is 6.00. The number of aliphatic hydroxyl groups is 1. The molecule has 0 aromatic heterocycles. The molecule has 7 nitrogen and oxygen atoms in total. The highest BCUT2D eigenvalue weighted by atomic mass is 16.6. The number of non-ortho nitro benzene ring substituents is 1. The van der Waals surface area contributed by atoms with E-state index in [1.165, 1.54) is 24.3 Å². The standard InChI is InChI=1S/C23H27NO6/c1-22(2)9-15(25)20(16(26)10-22)19(13-5-7-14(8-6-13)24(29)30)21-17(27)11-23(3,4)12-18(21)28/h5-8,19-20,27H,9-12H2,1-4H3/t19-/m1/s1. The van der Waals surface area contributed by atoms with Gasteiger partial charge < -0.3 is 5.11 Å². The molecule has 0 radical (unpaired) electrons. The molecule has 2 aliphatic rings. The molecular formula is C23H27NO6. The van der Waals surface area contributed by atoms with Crippen LogP contribution in [-0.4, -0.2) is 27.4 Å². The third kappa shape index (κ3) is 4.20. The van der Waals surface area contributed by atoms with Crippen LogP contribution in [0.4, 0.5) is 5.69 Å². The summed E-state index contributed by atoms with van der Waals surface area (Å²) in [6, 6.07) is 5.52. The average Bonchev–Trinajstić information content (AvgIpc) is 2.57. The highest BCUT2D eigenvalue weighted by molar-refractivity contribution is 6.09. The maximum absolute atomic E-state index is 13.0. The molecule has 0 unspecified atom stereocenters. The lowest BCUT2D eigenvalue weighted by molar-refractivity contribution is -0.384. The van der Waals surface area contributed by atoms with Crippen molar-refractivity contribution in [2.24, 2.45) is 16.7 Å². The third-order valence-corrected chi connectivity index (χ3v) is 6.00. The van der Waals surface area contributed by atoms with Gasteiger partial charge in [-0.25, -0.2) is 0 Å². The summed E-state index contributed by atoms with van der Waals surface area (Å²) in [5.74, 6) is -2.95. The first-order valence-corrected chi connectivity index (χ1v) is 10.1. The molecule has 1 aromatic rings. The number of benzene rings is 1. The van der Waals surface area contributed by atoms with E-state index in [-0.39, 0.29) is 60.1 Å². The number of carbonyl (C=O) groups is 3. The maximum atomic E-state index is 13.0. The lowest BCUT2D eigenvalue weighted by Crippen LogP contribution is -2.43. The van der Waals surface area contributed by atoms with Gasteiger partial charge in [-0.3, -0.25) is 24.5 Å². The molecule has 2 aliphatic carbocycles. The van der Waals surface area contributed by atoms with Crippen LogP contribution >= 0.6 is 0 Å². The second-order valence-corrected chi connectivity index (χ2v) is 10.1. The van der Waals surface area contributed by atoms with Crippen molar-refractivity contribution in [3.05, 3.63) is 51.3 Å². The predicted molar refractivity (Wildman–Crippen MR) is 110 cm³/mol. The van der Waals surface area contributed by atoms with Gasteiger partial charge in [0.15, 0.2) is 5.78 Å². The molecule has 0 amide bonds. The number of nitro groups is 1. The van der Waals surface area contributed by atoms with Gasteiger partial charge in [0.05, 0.1) is 10.8 Å². The van der Waals surface area contributed by atoms with Gasteiger partial charge in [0.25, 0.3) is 5.69 Å². The lowest BCUT2D eigenvalue weighted by Gasteiger charge is -2.39. The zero-order chi connectivity index (χ0) is 22.4. The van der Waals surface area contributed by atoms with E-state index in [1.54, 1.807) is 0 Å². The van der Waals surface area contributed by atoms with Crippen molar-refractivity contribution in [2.45, 2.75) is 59.3 Å². The van der Waals surface area contributed by atoms with E-state index in [0.717, 1.165) is 0 Å². The summed E-state index contributed by atoms with van der Waals surface area (Å²) in [7, 11) is 0. The van der Waals surface area contributed by atoms with Gasteiger partial charge in [0.2, 0.25) is 0 Å². The monoisotopic (exact) mass is 413 g/mol. The van der Waals surface area contributed by atoms with Crippen molar-refractivity contribution >= 4 is 23.0 Å². The Morgan fingerprint density at radius 3 is 1.90 bits per heavy atom. The van der Waals surface area contributed by atoms with Crippen LogP contribution in [0.25, 0.3) is 0 Å². The number of rotatable bonds is 4. The summed E-state index contributed by atoms with van der Waals surface area (Å²) in [6.07, 6.45) is 0.843. The molecule has 1 aromatic carbocycles. The molecule has 0 saturated heterocycles. The molecule has 160 valence electrons. The van der Waals surface area contributed by atoms with Crippen LogP contribution < -0.4 is 0 Å². The molecule has 3 rings (SSSR count). The smallest absolute Gasteiger partial charge is 0.269 e. The van der Waals surface area contributed by atoms with Gasteiger partial charge in [-0.1, -0.05) is 39.8 Å². The van der Waals surface area contributed by atoms with Crippen molar-refractivity contribution in [3.63, 3.8) is 0 Å². The SMILES string of the molecule is CC1(C)CC(=O)C([C@H](C2=C(O)CC(C)(C)CC2=O)c2ccc([N+](=O)[O-])cc2)C(=O)C1. The van der Waals surface area contributed by atoms with Crippen molar-refractivity contribution in [1.29, 1.82) is 0 Å². The molecule has 0 bridgehead atoms. The van der Waals surface area contributed by atoms with Crippen LogP contribution in [-0.2, 0) is 14.4 Å². The van der Waals surface area contributed by atoms with Crippen LogP contribution in [0.5, 0.6) is 0 Å². The zero-order valence-corrected chi connectivity index (χ0v) is 17.7. The van der Waals surface area contributed by atoms with E-state index in [1.807, 2.05) is 27.7 Å². The van der Waals surface area contributed by atoms with Gasteiger partial charge in [0, 0.05) is 49.3 Å². The van der Waals surface area contributed by atoms with Crippen molar-refractivity contribution < 1.29 is 24.4 Å². The van der Waals surface area contributed by atoms with Crippen molar-refractivity contribution in [3.8, 4) is 0 Å². The first-order chi connectivity index (χ1) is 13.8. The van der Waals surface area contributed by atoms with Crippen molar-refractivity contribution in [2.75, 3.05) is 0 Å². The number of carbonyl (C=O) groups excluding carboxylic acids is 3. The molecule has 1 saturated carbocycles.